The molecule has 0 spiro atoms. The molecule has 1 aromatic heterocycles. The second kappa shape index (κ2) is 3.77. The Morgan fingerprint density at radius 1 is 1.19 bits per heavy atom. The lowest BCUT2D eigenvalue weighted by Crippen LogP contribution is -2.28. The molecular weight excluding hydrogens is 204 g/mol. The van der Waals surface area contributed by atoms with Crippen molar-refractivity contribution in [3.05, 3.63) is 21.6 Å². The van der Waals surface area contributed by atoms with Gasteiger partial charge in [-0.2, -0.15) is 0 Å². The maximum absolute atomic E-state index is 12.2. The van der Waals surface area contributed by atoms with Crippen LogP contribution in [0.5, 0.6) is 0 Å². The zero-order valence-corrected chi connectivity index (χ0v) is 9.48. The summed E-state index contributed by atoms with van der Waals surface area (Å²) in [5, 5.41) is 9.07. The van der Waals surface area contributed by atoms with Crippen LogP contribution in [0.25, 0.3) is 0 Å². The van der Waals surface area contributed by atoms with Crippen LogP contribution in [0.3, 0.4) is 0 Å². The van der Waals surface area contributed by atoms with E-state index in [4.69, 9.17) is 5.11 Å². The maximum atomic E-state index is 12.2. The first-order valence-corrected chi connectivity index (χ1v) is 6.26. The summed E-state index contributed by atoms with van der Waals surface area (Å²) in [6.07, 6.45) is 5.22. The minimum absolute atomic E-state index is 0.0823. The van der Waals surface area contributed by atoms with E-state index >= 15 is 0 Å². The minimum Gasteiger partial charge on any atom is -0.396 e. The van der Waals surface area contributed by atoms with E-state index in [1.165, 1.54) is 25.0 Å². The average molecular weight is 222 g/mol. The van der Waals surface area contributed by atoms with Gasteiger partial charge in [-0.25, -0.2) is 0 Å². The molecule has 3 rings (SSSR count). The van der Waals surface area contributed by atoms with E-state index in [2.05, 4.69) is 4.68 Å². The molecule has 4 nitrogen and oxygen atoms in total. The van der Waals surface area contributed by atoms with E-state index in [9.17, 15) is 4.79 Å². The number of hydrogen-bond acceptors (Lipinski definition) is 2. The summed E-state index contributed by atoms with van der Waals surface area (Å²) in [4.78, 5) is 12.2. The molecule has 2 aliphatic rings. The number of aliphatic hydroxyl groups excluding tert-OH is 1. The molecule has 1 saturated carbocycles. The molecule has 0 atom stereocenters. The second-order valence-electron chi connectivity index (χ2n) is 4.87. The summed E-state index contributed by atoms with van der Waals surface area (Å²) in [7, 11) is 0. The summed E-state index contributed by atoms with van der Waals surface area (Å²) in [5.74, 6) is 0.591. The monoisotopic (exact) mass is 222 g/mol. The van der Waals surface area contributed by atoms with Crippen LogP contribution >= 0.6 is 0 Å². The molecule has 88 valence electrons. The first-order chi connectivity index (χ1) is 7.83. The van der Waals surface area contributed by atoms with Crippen molar-refractivity contribution in [2.45, 2.75) is 51.1 Å². The van der Waals surface area contributed by atoms with Crippen molar-refractivity contribution in [1.29, 1.82) is 0 Å². The number of fused-ring (bicyclic) bond motifs is 1. The Kier molecular flexibility index (Phi) is 2.39. The van der Waals surface area contributed by atoms with E-state index in [0.29, 0.717) is 12.3 Å². The highest BCUT2D eigenvalue weighted by molar-refractivity contribution is 5.27. The largest absolute Gasteiger partial charge is 0.396 e. The van der Waals surface area contributed by atoms with Gasteiger partial charge in [0.1, 0.15) is 0 Å². The molecule has 0 amide bonds. The second-order valence-corrected chi connectivity index (χ2v) is 4.87. The van der Waals surface area contributed by atoms with Gasteiger partial charge in [0.2, 0.25) is 0 Å². The number of aromatic nitrogens is 2. The Balaban J connectivity index is 2.14. The maximum Gasteiger partial charge on any atom is 0.270 e. The van der Waals surface area contributed by atoms with Gasteiger partial charge in [-0.15, -0.1) is 0 Å². The summed E-state index contributed by atoms with van der Waals surface area (Å²) < 4.78 is 4.08. The molecule has 1 N–H and O–H groups in total. The average Bonchev–Trinajstić information content (AvgIpc) is 3.09. The number of hydrogen-bond donors (Lipinski definition) is 1. The molecule has 0 unspecified atom stereocenters. The molecule has 16 heavy (non-hydrogen) atoms. The predicted octanol–water partition coefficient (Wildman–Crippen LogP) is 0.856. The summed E-state index contributed by atoms with van der Waals surface area (Å²) >= 11 is 0. The third-order valence-electron chi connectivity index (χ3n) is 3.69. The van der Waals surface area contributed by atoms with Crippen LogP contribution in [0, 0.1) is 0 Å². The minimum atomic E-state index is 0.0823. The van der Waals surface area contributed by atoms with Crippen molar-refractivity contribution >= 4 is 0 Å². The van der Waals surface area contributed by atoms with Crippen molar-refractivity contribution < 1.29 is 5.11 Å². The van der Waals surface area contributed by atoms with Crippen LogP contribution < -0.4 is 5.56 Å². The highest BCUT2D eigenvalue weighted by Crippen LogP contribution is 2.41. The van der Waals surface area contributed by atoms with Gasteiger partial charge in [0.15, 0.2) is 0 Å². The van der Waals surface area contributed by atoms with Crippen LogP contribution in [0.4, 0.5) is 0 Å². The lowest BCUT2D eigenvalue weighted by molar-refractivity contribution is 0.299. The van der Waals surface area contributed by atoms with Gasteiger partial charge in [-0.3, -0.25) is 14.2 Å². The Morgan fingerprint density at radius 3 is 2.50 bits per heavy atom. The van der Waals surface area contributed by atoms with E-state index in [0.717, 1.165) is 25.1 Å². The van der Waals surface area contributed by atoms with Gasteiger partial charge < -0.3 is 5.11 Å². The van der Waals surface area contributed by atoms with Crippen LogP contribution in [0.15, 0.2) is 4.79 Å². The highest BCUT2D eigenvalue weighted by Gasteiger charge is 2.33. The van der Waals surface area contributed by atoms with Gasteiger partial charge in [0, 0.05) is 43.3 Å². The standard InChI is InChI=1S/C12H18N2O2/c15-8-5-10-11(9-3-4-9)13-6-1-2-7-14(13)12(10)16/h9,15H,1-8H2. The van der Waals surface area contributed by atoms with Gasteiger partial charge in [-0.05, 0) is 25.7 Å². The van der Waals surface area contributed by atoms with Crippen molar-refractivity contribution in [2.24, 2.45) is 0 Å². The quantitative estimate of drug-likeness (QED) is 0.824. The fourth-order valence-corrected chi connectivity index (χ4v) is 2.81. The number of nitrogens with zero attached hydrogens (tertiary/aromatic N) is 2. The van der Waals surface area contributed by atoms with Gasteiger partial charge >= 0.3 is 0 Å². The van der Waals surface area contributed by atoms with Gasteiger partial charge in [-0.1, -0.05) is 0 Å². The third-order valence-corrected chi connectivity index (χ3v) is 3.69. The zero-order chi connectivity index (χ0) is 11.1. The van der Waals surface area contributed by atoms with Crippen molar-refractivity contribution in [3.63, 3.8) is 0 Å². The molecule has 4 heteroatoms. The molecule has 1 aliphatic heterocycles. The van der Waals surface area contributed by atoms with Gasteiger partial charge in [0.25, 0.3) is 5.56 Å². The van der Waals surface area contributed by atoms with E-state index in [1.807, 2.05) is 4.68 Å². The smallest absolute Gasteiger partial charge is 0.270 e. The van der Waals surface area contributed by atoms with Crippen LogP contribution in [-0.4, -0.2) is 21.1 Å². The first-order valence-electron chi connectivity index (χ1n) is 6.26. The lowest BCUT2D eigenvalue weighted by atomic mass is 10.1. The summed E-state index contributed by atoms with van der Waals surface area (Å²) in [6, 6.07) is 0. The summed E-state index contributed by atoms with van der Waals surface area (Å²) in [5.41, 5.74) is 2.27. The Hall–Kier alpha value is -1.03. The molecule has 0 aromatic carbocycles. The van der Waals surface area contributed by atoms with Crippen molar-refractivity contribution in [2.75, 3.05) is 6.61 Å². The lowest BCUT2D eigenvalue weighted by Gasteiger charge is -2.19. The molecule has 0 radical (unpaired) electrons. The molecule has 1 aromatic rings. The molecule has 1 fully saturated rings. The predicted molar refractivity (Wildman–Crippen MR) is 60.7 cm³/mol. The Bertz CT molecular complexity index is 454. The normalized spacial score (nSPS) is 19.8. The van der Waals surface area contributed by atoms with Crippen molar-refractivity contribution in [3.8, 4) is 0 Å². The fourth-order valence-electron chi connectivity index (χ4n) is 2.81. The fraction of sp³-hybridized carbons (Fsp3) is 0.750. The first kappa shape index (κ1) is 10.1. The SMILES string of the molecule is O=c1c(CCO)c(C2CC2)n2n1CCCC2. The molecule has 2 heterocycles. The van der Waals surface area contributed by atoms with E-state index < -0.39 is 0 Å². The highest BCUT2D eigenvalue weighted by atomic mass is 16.3. The van der Waals surface area contributed by atoms with E-state index in [-0.39, 0.29) is 12.2 Å². The molecule has 0 saturated heterocycles. The van der Waals surface area contributed by atoms with Gasteiger partial charge in [0.05, 0.1) is 0 Å². The topological polar surface area (TPSA) is 47.2 Å². The number of aliphatic hydroxyl groups is 1. The van der Waals surface area contributed by atoms with Crippen LogP contribution in [-0.2, 0) is 19.5 Å². The molecular formula is C12H18N2O2. The number of rotatable bonds is 3. The zero-order valence-electron chi connectivity index (χ0n) is 9.48. The molecule has 0 bridgehead atoms. The Labute approximate surface area is 94.5 Å². The molecule has 1 aliphatic carbocycles. The summed E-state index contributed by atoms with van der Waals surface area (Å²) in [6.45, 7) is 1.91. The third kappa shape index (κ3) is 1.44. The van der Waals surface area contributed by atoms with E-state index in [1.54, 1.807) is 0 Å². The Morgan fingerprint density at radius 2 is 1.88 bits per heavy atom. The van der Waals surface area contributed by atoms with Crippen LogP contribution in [0.2, 0.25) is 0 Å². The van der Waals surface area contributed by atoms with Crippen molar-refractivity contribution in [1.82, 2.24) is 9.36 Å². The van der Waals surface area contributed by atoms with Crippen LogP contribution in [0.1, 0.15) is 42.9 Å².